The van der Waals surface area contributed by atoms with E-state index in [-0.39, 0.29) is 27.1 Å². The Morgan fingerprint density at radius 3 is 2.64 bits per heavy atom. The van der Waals surface area contributed by atoms with Crippen LogP contribution < -0.4 is 5.32 Å². The molecule has 25 heavy (non-hydrogen) atoms. The molecule has 0 aliphatic carbocycles. The second kappa shape index (κ2) is 14.3. The van der Waals surface area contributed by atoms with Gasteiger partial charge in [0.2, 0.25) is 5.91 Å². The van der Waals surface area contributed by atoms with E-state index >= 15 is 0 Å². The van der Waals surface area contributed by atoms with Crippen molar-refractivity contribution >= 4 is 11.9 Å². The van der Waals surface area contributed by atoms with E-state index < -0.39 is 12.1 Å². The minimum Gasteiger partial charge on any atom is -0.483 e. The van der Waals surface area contributed by atoms with Crippen molar-refractivity contribution in [2.75, 3.05) is 26.4 Å². The normalized spacial score (nSPS) is 12.0. The molecule has 0 saturated heterocycles. The van der Waals surface area contributed by atoms with Gasteiger partial charge in [-0.05, 0) is 25.3 Å². The Morgan fingerprint density at radius 1 is 1.32 bits per heavy atom. The SMILES string of the molecule is C=C/C=C\C(=C)OCC(=O)OC(CNC(=O)CCC(C)C)COCC.[HH]. The highest BCUT2D eigenvalue weighted by Gasteiger charge is 2.16. The van der Waals surface area contributed by atoms with Crippen LogP contribution in [-0.2, 0) is 23.8 Å². The number of ether oxygens (including phenoxy) is 3. The van der Waals surface area contributed by atoms with Gasteiger partial charge in [-0.2, -0.15) is 0 Å². The molecule has 0 rings (SSSR count). The predicted molar refractivity (Wildman–Crippen MR) is 100.0 cm³/mol. The van der Waals surface area contributed by atoms with Gasteiger partial charge in [-0.3, -0.25) is 4.79 Å². The number of carbonyl (C=O) groups is 2. The number of hydrogen-bond acceptors (Lipinski definition) is 5. The zero-order valence-corrected chi connectivity index (χ0v) is 15.6. The monoisotopic (exact) mass is 355 g/mol. The molecule has 0 spiro atoms. The topological polar surface area (TPSA) is 73.9 Å². The van der Waals surface area contributed by atoms with Crippen LogP contribution in [-0.4, -0.2) is 44.3 Å². The summed E-state index contributed by atoms with van der Waals surface area (Å²) in [5, 5.41) is 2.77. The molecule has 1 amide bonds. The number of carbonyl (C=O) groups excluding carboxylic acids is 2. The van der Waals surface area contributed by atoms with Gasteiger partial charge in [0.15, 0.2) is 6.61 Å². The second-order valence-corrected chi connectivity index (χ2v) is 5.86. The summed E-state index contributed by atoms with van der Waals surface area (Å²) in [6.45, 7) is 13.8. The third-order valence-electron chi connectivity index (χ3n) is 3.08. The molecule has 0 aliphatic rings. The van der Waals surface area contributed by atoms with E-state index in [9.17, 15) is 9.59 Å². The van der Waals surface area contributed by atoms with Crippen molar-refractivity contribution in [3.05, 3.63) is 37.1 Å². The number of hydrogen-bond donors (Lipinski definition) is 1. The lowest BCUT2D eigenvalue weighted by atomic mass is 10.1. The van der Waals surface area contributed by atoms with Crippen LogP contribution in [0.15, 0.2) is 37.1 Å². The van der Waals surface area contributed by atoms with Crippen molar-refractivity contribution in [1.29, 1.82) is 0 Å². The van der Waals surface area contributed by atoms with E-state index in [1.807, 2.05) is 6.92 Å². The number of nitrogens with one attached hydrogen (secondary N) is 1. The standard InChI is InChI=1S/C19H31NO5.H2/c1-6-8-9-16(5)24-14-19(22)25-17(13-23-7-2)12-20-18(21)11-10-15(3)4;/h6,8-9,15,17H,1,5,7,10-14H2,2-4H3,(H,20,21);1H/b9-8-;. The van der Waals surface area contributed by atoms with E-state index in [0.717, 1.165) is 6.42 Å². The zero-order valence-electron chi connectivity index (χ0n) is 15.6. The number of rotatable bonds is 14. The highest BCUT2D eigenvalue weighted by atomic mass is 16.6. The largest absolute Gasteiger partial charge is 0.483 e. The quantitative estimate of drug-likeness (QED) is 0.294. The molecule has 0 aliphatic heterocycles. The van der Waals surface area contributed by atoms with Crippen molar-refractivity contribution in [2.24, 2.45) is 5.92 Å². The zero-order chi connectivity index (χ0) is 19.1. The Hall–Kier alpha value is -2.08. The van der Waals surface area contributed by atoms with Gasteiger partial charge in [0.1, 0.15) is 11.9 Å². The van der Waals surface area contributed by atoms with Crippen LogP contribution in [0.25, 0.3) is 0 Å². The molecule has 0 aromatic heterocycles. The Kier molecular flexibility index (Phi) is 13.1. The lowest BCUT2D eigenvalue weighted by Gasteiger charge is -2.18. The molecule has 0 aromatic rings. The summed E-state index contributed by atoms with van der Waals surface area (Å²) in [6.07, 6.45) is 5.52. The summed E-state index contributed by atoms with van der Waals surface area (Å²) >= 11 is 0. The summed E-state index contributed by atoms with van der Waals surface area (Å²) in [5.74, 6) is 0.183. The van der Waals surface area contributed by atoms with Crippen molar-refractivity contribution in [1.82, 2.24) is 5.32 Å². The first kappa shape index (κ1) is 22.9. The van der Waals surface area contributed by atoms with Crippen molar-refractivity contribution in [3.63, 3.8) is 0 Å². The first-order chi connectivity index (χ1) is 11.9. The summed E-state index contributed by atoms with van der Waals surface area (Å²) in [4.78, 5) is 23.6. The molecular weight excluding hydrogens is 322 g/mol. The van der Waals surface area contributed by atoms with E-state index in [1.54, 1.807) is 18.2 Å². The summed E-state index contributed by atoms with van der Waals surface area (Å²) < 4.78 is 15.8. The minimum absolute atomic E-state index is 0. The fraction of sp³-hybridized carbons (Fsp3) is 0.579. The fourth-order valence-electron chi connectivity index (χ4n) is 1.71. The third kappa shape index (κ3) is 14.0. The van der Waals surface area contributed by atoms with Crippen molar-refractivity contribution in [3.8, 4) is 0 Å². The molecule has 0 saturated carbocycles. The van der Waals surface area contributed by atoms with Gasteiger partial charge in [0.05, 0.1) is 13.2 Å². The molecule has 0 heterocycles. The van der Waals surface area contributed by atoms with Crippen LogP contribution in [0.5, 0.6) is 0 Å². The predicted octanol–water partition coefficient (Wildman–Crippen LogP) is 3.01. The van der Waals surface area contributed by atoms with Gasteiger partial charge >= 0.3 is 5.97 Å². The second-order valence-electron chi connectivity index (χ2n) is 5.86. The average Bonchev–Trinajstić information content (AvgIpc) is 2.58. The maximum Gasteiger partial charge on any atom is 0.344 e. The van der Waals surface area contributed by atoms with Crippen LogP contribution in [0, 0.1) is 5.92 Å². The van der Waals surface area contributed by atoms with Crippen molar-refractivity contribution < 1.29 is 25.2 Å². The molecule has 6 heteroatoms. The highest BCUT2D eigenvalue weighted by Crippen LogP contribution is 2.03. The lowest BCUT2D eigenvalue weighted by molar-refractivity contribution is -0.156. The summed E-state index contributed by atoms with van der Waals surface area (Å²) in [5.41, 5.74) is 0. The molecule has 0 bridgehead atoms. The van der Waals surface area contributed by atoms with Crippen LogP contribution in [0.1, 0.15) is 35.0 Å². The number of amides is 1. The maximum atomic E-state index is 11.9. The van der Waals surface area contributed by atoms with Gasteiger partial charge in [0.25, 0.3) is 0 Å². The maximum absolute atomic E-state index is 11.9. The van der Waals surface area contributed by atoms with Gasteiger partial charge in [-0.15, -0.1) is 0 Å². The van der Waals surface area contributed by atoms with Gasteiger partial charge < -0.3 is 19.5 Å². The molecule has 0 fully saturated rings. The molecule has 1 atom stereocenters. The molecule has 0 aromatic carbocycles. The molecule has 144 valence electrons. The van der Waals surface area contributed by atoms with E-state index in [0.29, 0.717) is 24.7 Å². The van der Waals surface area contributed by atoms with Crippen LogP contribution in [0.3, 0.4) is 0 Å². The lowest BCUT2D eigenvalue weighted by Crippen LogP contribution is -2.38. The van der Waals surface area contributed by atoms with Gasteiger partial charge in [-0.1, -0.05) is 39.2 Å². The minimum atomic E-state index is -0.559. The molecule has 1 unspecified atom stereocenters. The number of allylic oxidation sites excluding steroid dienone is 3. The molecular formula is C19H33NO5. The Bertz CT molecular complexity index is 463. The Balaban J connectivity index is 0. The highest BCUT2D eigenvalue weighted by molar-refractivity contribution is 5.76. The third-order valence-corrected chi connectivity index (χ3v) is 3.08. The van der Waals surface area contributed by atoms with Crippen LogP contribution in [0.4, 0.5) is 0 Å². The van der Waals surface area contributed by atoms with E-state index in [1.165, 1.54) is 0 Å². The summed E-state index contributed by atoms with van der Waals surface area (Å²) in [6, 6.07) is 0. The van der Waals surface area contributed by atoms with Crippen molar-refractivity contribution in [2.45, 2.75) is 39.7 Å². The molecule has 6 nitrogen and oxygen atoms in total. The summed E-state index contributed by atoms with van der Waals surface area (Å²) in [7, 11) is 0. The van der Waals surface area contributed by atoms with Gasteiger partial charge in [0, 0.05) is 14.5 Å². The average molecular weight is 355 g/mol. The van der Waals surface area contributed by atoms with Crippen LogP contribution >= 0.6 is 0 Å². The fourth-order valence-corrected chi connectivity index (χ4v) is 1.71. The first-order valence-corrected chi connectivity index (χ1v) is 8.53. The van der Waals surface area contributed by atoms with Crippen LogP contribution in [0.2, 0.25) is 0 Å². The van der Waals surface area contributed by atoms with Gasteiger partial charge in [-0.25, -0.2) is 4.79 Å². The Labute approximate surface area is 152 Å². The van der Waals surface area contributed by atoms with E-state index in [4.69, 9.17) is 14.2 Å². The Morgan fingerprint density at radius 2 is 2.04 bits per heavy atom. The molecule has 1 N–H and O–H groups in total. The molecule has 0 radical (unpaired) electrons. The van der Waals surface area contributed by atoms with E-state index in [2.05, 4.69) is 32.3 Å². The first-order valence-electron chi connectivity index (χ1n) is 8.53. The number of esters is 1. The smallest absolute Gasteiger partial charge is 0.344 e.